The van der Waals surface area contributed by atoms with Gasteiger partial charge in [-0.25, -0.2) is 0 Å². The maximum Gasteiger partial charge on any atom is 0.0892 e. The van der Waals surface area contributed by atoms with Crippen LogP contribution < -0.4 is 5.73 Å². The molecule has 2 N–H and O–H groups in total. The molecule has 0 spiro atoms. The lowest BCUT2D eigenvalue weighted by Gasteiger charge is -2.28. The van der Waals surface area contributed by atoms with E-state index in [1.165, 1.54) is 32.1 Å². The van der Waals surface area contributed by atoms with Crippen molar-refractivity contribution >= 4 is 5.69 Å². The van der Waals surface area contributed by atoms with Gasteiger partial charge in [0.25, 0.3) is 0 Å². The van der Waals surface area contributed by atoms with Gasteiger partial charge in [0, 0.05) is 11.9 Å². The van der Waals surface area contributed by atoms with Gasteiger partial charge in [-0.1, -0.05) is 26.2 Å². The van der Waals surface area contributed by atoms with E-state index in [4.69, 9.17) is 10.5 Å². The number of ether oxygens (including phenoxy) is 1. The SMILES string of the molecule is CCC1CCCC(OCc2cc(N)ccn2)C1. The fourth-order valence-electron chi connectivity index (χ4n) is 2.54. The Kier molecular flexibility index (Phi) is 4.37. The van der Waals surface area contributed by atoms with E-state index in [1.807, 2.05) is 6.07 Å². The first-order chi connectivity index (χ1) is 8.28. The number of anilines is 1. The number of rotatable bonds is 4. The second kappa shape index (κ2) is 6.01. The topological polar surface area (TPSA) is 48.1 Å². The normalized spacial score (nSPS) is 24.8. The summed E-state index contributed by atoms with van der Waals surface area (Å²) in [4.78, 5) is 4.26. The number of nitrogens with two attached hydrogens (primary N) is 1. The van der Waals surface area contributed by atoms with E-state index in [0.717, 1.165) is 17.3 Å². The minimum Gasteiger partial charge on any atom is -0.399 e. The summed E-state index contributed by atoms with van der Waals surface area (Å²) in [5.74, 6) is 0.850. The number of pyridine rings is 1. The van der Waals surface area contributed by atoms with Crippen molar-refractivity contribution in [1.29, 1.82) is 0 Å². The molecule has 3 nitrogen and oxygen atoms in total. The minimum absolute atomic E-state index is 0.414. The van der Waals surface area contributed by atoms with Crippen LogP contribution in [-0.4, -0.2) is 11.1 Å². The summed E-state index contributed by atoms with van der Waals surface area (Å²) in [6.07, 6.45) is 8.50. The molecule has 2 atom stereocenters. The van der Waals surface area contributed by atoms with Crippen LogP contribution in [0.25, 0.3) is 0 Å². The van der Waals surface area contributed by atoms with Gasteiger partial charge < -0.3 is 10.5 Å². The van der Waals surface area contributed by atoms with Gasteiger partial charge in [0.15, 0.2) is 0 Å². The molecule has 1 aliphatic carbocycles. The highest BCUT2D eigenvalue weighted by atomic mass is 16.5. The Morgan fingerprint density at radius 1 is 1.47 bits per heavy atom. The molecule has 1 saturated carbocycles. The molecule has 17 heavy (non-hydrogen) atoms. The maximum atomic E-state index is 5.94. The van der Waals surface area contributed by atoms with Gasteiger partial charge in [0.05, 0.1) is 18.4 Å². The second-order valence-electron chi connectivity index (χ2n) is 4.95. The van der Waals surface area contributed by atoms with Crippen LogP contribution in [0.15, 0.2) is 18.3 Å². The molecule has 2 rings (SSSR count). The fourth-order valence-corrected chi connectivity index (χ4v) is 2.54. The van der Waals surface area contributed by atoms with Gasteiger partial charge in [-0.3, -0.25) is 4.98 Å². The van der Waals surface area contributed by atoms with Gasteiger partial charge >= 0.3 is 0 Å². The van der Waals surface area contributed by atoms with Gasteiger partial charge in [0.1, 0.15) is 0 Å². The van der Waals surface area contributed by atoms with Crippen LogP contribution in [0.5, 0.6) is 0 Å². The molecule has 0 aliphatic heterocycles. The second-order valence-corrected chi connectivity index (χ2v) is 4.95. The van der Waals surface area contributed by atoms with Crippen molar-refractivity contribution in [2.45, 2.75) is 51.7 Å². The first kappa shape index (κ1) is 12.4. The molecule has 2 unspecified atom stereocenters. The highest BCUT2D eigenvalue weighted by Crippen LogP contribution is 2.28. The Morgan fingerprint density at radius 3 is 3.12 bits per heavy atom. The predicted octanol–water partition coefficient (Wildman–Crippen LogP) is 3.15. The molecule has 1 aliphatic rings. The smallest absolute Gasteiger partial charge is 0.0892 e. The summed E-state index contributed by atoms with van der Waals surface area (Å²) in [5, 5.41) is 0. The number of aromatic nitrogens is 1. The van der Waals surface area contributed by atoms with E-state index in [2.05, 4.69) is 11.9 Å². The van der Waals surface area contributed by atoms with E-state index >= 15 is 0 Å². The molecule has 0 bridgehead atoms. The largest absolute Gasteiger partial charge is 0.399 e. The molecular weight excluding hydrogens is 212 g/mol. The standard InChI is InChI=1S/C14H22N2O/c1-2-11-4-3-5-14(8-11)17-10-13-9-12(15)6-7-16-13/h6-7,9,11,14H,2-5,8,10H2,1H3,(H2,15,16). The molecule has 1 aromatic heterocycles. The third-order valence-electron chi connectivity index (χ3n) is 3.62. The number of nitrogens with zero attached hydrogens (tertiary/aromatic N) is 1. The van der Waals surface area contributed by atoms with Crippen LogP contribution >= 0.6 is 0 Å². The zero-order chi connectivity index (χ0) is 12.1. The summed E-state index contributed by atoms with van der Waals surface area (Å²) in [5.41, 5.74) is 7.41. The highest BCUT2D eigenvalue weighted by molar-refractivity contribution is 5.36. The zero-order valence-electron chi connectivity index (χ0n) is 10.6. The molecule has 3 heteroatoms. The summed E-state index contributed by atoms with van der Waals surface area (Å²) in [7, 11) is 0. The van der Waals surface area contributed by atoms with Crippen molar-refractivity contribution in [2.75, 3.05) is 5.73 Å². The molecule has 94 valence electrons. The third-order valence-corrected chi connectivity index (χ3v) is 3.62. The summed E-state index contributed by atoms with van der Waals surface area (Å²) < 4.78 is 5.94. The van der Waals surface area contributed by atoms with Crippen LogP contribution in [0.3, 0.4) is 0 Å². The van der Waals surface area contributed by atoms with Crippen molar-refractivity contribution in [3.63, 3.8) is 0 Å². The van der Waals surface area contributed by atoms with Crippen LogP contribution in [0.4, 0.5) is 5.69 Å². The van der Waals surface area contributed by atoms with Crippen LogP contribution in [0, 0.1) is 5.92 Å². The molecule has 1 fully saturated rings. The molecule has 0 amide bonds. The Bertz CT molecular complexity index is 354. The van der Waals surface area contributed by atoms with E-state index in [-0.39, 0.29) is 0 Å². The highest BCUT2D eigenvalue weighted by Gasteiger charge is 2.21. The van der Waals surface area contributed by atoms with Gasteiger partial charge in [-0.2, -0.15) is 0 Å². The van der Waals surface area contributed by atoms with E-state index < -0.39 is 0 Å². The number of hydrogen-bond acceptors (Lipinski definition) is 3. The molecular formula is C14H22N2O. The van der Waals surface area contributed by atoms with Crippen LogP contribution in [0.2, 0.25) is 0 Å². The van der Waals surface area contributed by atoms with Crippen LogP contribution in [-0.2, 0) is 11.3 Å². The van der Waals surface area contributed by atoms with Gasteiger partial charge in [-0.15, -0.1) is 0 Å². The van der Waals surface area contributed by atoms with E-state index in [1.54, 1.807) is 12.3 Å². The average Bonchev–Trinajstić information content (AvgIpc) is 2.37. The van der Waals surface area contributed by atoms with Crippen LogP contribution in [0.1, 0.15) is 44.7 Å². The lowest BCUT2D eigenvalue weighted by Crippen LogP contribution is -2.22. The summed E-state index contributed by atoms with van der Waals surface area (Å²) >= 11 is 0. The first-order valence-electron chi connectivity index (χ1n) is 6.60. The number of hydrogen-bond donors (Lipinski definition) is 1. The quantitative estimate of drug-likeness (QED) is 0.870. The van der Waals surface area contributed by atoms with Crippen molar-refractivity contribution in [3.8, 4) is 0 Å². The van der Waals surface area contributed by atoms with E-state index in [0.29, 0.717) is 12.7 Å². The Hall–Kier alpha value is -1.09. The molecule has 0 saturated heterocycles. The first-order valence-corrected chi connectivity index (χ1v) is 6.60. The summed E-state index contributed by atoms with van der Waals surface area (Å²) in [6.45, 7) is 2.86. The monoisotopic (exact) mass is 234 g/mol. The number of nitrogen functional groups attached to an aromatic ring is 1. The molecule has 0 radical (unpaired) electrons. The summed E-state index contributed by atoms with van der Waals surface area (Å²) in [6, 6.07) is 3.69. The Labute approximate surface area is 103 Å². The Morgan fingerprint density at radius 2 is 2.35 bits per heavy atom. The van der Waals surface area contributed by atoms with Crippen molar-refractivity contribution in [2.24, 2.45) is 5.92 Å². The fraction of sp³-hybridized carbons (Fsp3) is 0.643. The average molecular weight is 234 g/mol. The zero-order valence-corrected chi connectivity index (χ0v) is 10.6. The minimum atomic E-state index is 0.414. The maximum absolute atomic E-state index is 5.94. The predicted molar refractivity (Wildman–Crippen MR) is 69.5 cm³/mol. The lowest BCUT2D eigenvalue weighted by atomic mass is 9.85. The molecule has 1 aromatic rings. The van der Waals surface area contributed by atoms with E-state index in [9.17, 15) is 0 Å². The lowest BCUT2D eigenvalue weighted by molar-refractivity contribution is 0.000371. The van der Waals surface area contributed by atoms with Gasteiger partial charge in [-0.05, 0) is 30.9 Å². The van der Waals surface area contributed by atoms with Crippen molar-refractivity contribution in [3.05, 3.63) is 24.0 Å². The molecule has 0 aromatic carbocycles. The van der Waals surface area contributed by atoms with Gasteiger partial charge in [0.2, 0.25) is 0 Å². The third kappa shape index (κ3) is 3.70. The Balaban J connectivity index is 1.81. The van der Waals surface area contributed by atoms with Crippen molar-refractivity contribution in [1.82, 2.24) is 4.98 Å². The molecule has 1 heterocycles. The van der Waals surface area contributed by atoms with Crippen molar-refractivity contribution < 1.29 is 4.74 Å².